The Labute approximate surface area is 895 Å². The zero-order valence-electron chi connectivity index (χ0n) is 80.0. The molecule has 3 unspecified atom stereocenters. The first-order chi connectivity index (χ1) is 67.8. The number of aliphatic hydroxyl groups is 3. The molecule has 0 aliphatic carbocycles. The van der Waals surface area contributed by atoms with Crippen molar-refractivity contribution in [2.45, 2.75) is 118 Å². The summed E-state index contributed by atoms with van der Waals surface area (Å²) in [7, 11) is -0.0366. The molecule has 6 atom stereocenters. The first kappa shape index (κ1) is 124. The Hall–Kier alpha value is -13.6. The van der Waals surface area contributed by atoms with Crippen LogP contribution in [0.5, 0.6) is 0 Å². The summed E-state index contributed by atoms with van der Waals surface area (Å²) in [4.78, 5) is 109. The smallest absolute Gasteiger partial charge is 0.870 e. The molecule has 0 saturated heterocycles. The number of aryl methyl sites for hydroxylation is 4. The van der Waals surface area contributed by atoms with Crippen LogP contribution in [-0.4, -0.2) is 198 Å². The van der Waals surface area contributed by atoms with Gasteiger partial charge >= 0.3 is 54.6 Å². The minimum Gasteiger partial charge on any atom is -0.870 e. The Bertz CT molecular complexity index is 6410. The van der Waals surface area contributed by atoms with Crippen molar-refractivity contribution in [1.82, 2.24) is 49.8 Å². The number of hydrazine groups is 1. The van der Waals surface area contributed by atoms with E-state index in [1.54, 1.807) is 92.5 Å². The van der Waals surface area contributed by atoms with E-state index in [0.29, 0.717) is 64.0 Å². The zero-order chi connectivity index (χ0) is 104. The third-order valence-electron chi connectivity index (χ3n) is 19.8. The summed E-state index contributed by atoms with van der Waals surface area (Å²) >= 11 is 13.4. The third kappa shape index (κ3) is 41.6. The molecule has 0 fully saturated rings. The van der Waals surface area contributed by atoms with Crippen molar-refractivity contribution in [3.05, 3.63) is 377 Å². The van der Waals surface area contributed by atoms with Crippen molar-refractivity contribution >= 4 is 141 Å². The summed E-state index contributed by atoms with van der Waals surface area (Å²) in [6.07, 6.45) is -3.47. The molecule has 0 spiro atoms. The predicted molar refractivity (Wildman–Crippen MR) is 564 cm³/mol. The van der Waals surface area contributed by atoms with Gasteiger partial charge in [0.1, 0.15) is 30.4 Å². The van der Waals surface area contributed by atoms with Gasteiger partial charge in [0.15, 0.2) is 29.3 Å². The summed E-state index contributed by atoms with van der Waals surface area (Å²) in [5, 5.41) is 82.3. The maximum Gasteiger partial charge on any atom is 1.00 e. The molecule has 4 heterocycles. The third-order valence-corrected chi connectivity index (χ3v) is 21.9. The van der Waals surface area contributed by atoms with Crippen molar-refractivity contribution in [2.24, 2.45) is 33.9 Å². The molecule has 36 nitrogen and oxygen atoms in total. The van der Waals surface area contributed by atoms with E-state index in [-0.39, 0.29) is 91.5 Å². The fourth-order valence-electron chi connectivity index (χ4n) is 13.0. The number of aromatic nitrogens is 8. The molecule has 758 valence electrons. The number of esters is 2. The second kappa shape index (κ2) is 64.2. The average Bonchev–Trinajstić information content (AvgIpc) is 1.67. The number of oxime groups is 1. The van der Waals surface area contributed by atoms with Crippen LogP contribution in [0.4, 0.5) is 5.69 Å². The van der Waals surface area contributed by atoms with Gasteiger partial charge in [-0.2, -0.15) is 20.4 Å². The molecule has 0 saturated carbocycles. The Morgan fingerprint density at radius 2 is 0.738 bits per heavy atom. The number of aromatic carboxylic acids is 1. The van der Waals surface area contributed by atoms with Crippen molar-refractivity contribution in [2.75, 3.05) is 25.7 Å². The molecule has 145 heavy (non-hydrogen) atoms. The second-order valence-corrected chi connectivity index (χ2v) is 34.6. The van der Waals surface area contributed by atoms with Gasteiger partial charge in [-0.15, -0.1) is 0 Å². The van der Waals surface area contributed by atoms with Gasteiger partial charge in [-0.05, 0) is 234 Å². The number of ether oxygens (including phenoxy) is 2. The summed E-state index contributed by atoms with van der Waals surface area (Å²) in [6.45, 7) is 12.6. The zero-order valence-corrected chi connectivity index (χ0v) is 88.4. The predicted octanol–water partition coefficient (Wildman–Crippen LogP) is 9.42. The molecule has 14 aromatic rings. The number of ketones is 1. The number of carbonyl (C=O) groups excluding carboxylic acids is 8. The number of benzene rings is 10. The molecule has 5 amide bonds. The van der Waals surface area contributed by atoms with Crippen molar-refractivity contribution in [1.29, 1.82) is 0 Å². The molecule has 14 rings (SSSR count). The number of halogens is 4. The van der Waals surface area contributed by atoms with Crippen LogP contribution in [0.15, 0.2) is 320 Å². The Morgan fingerprint density at radius 3 is 1.06 bits per heavy atom. The monoisotopic (exact) mass is 2240 g/mol. The van der Waals surface area contributed by atoms with Crippen molar-refractivity contribution < 1.29 is 123 Å². The summed E-state index contributed by atoms with van der Waals surface area (Å²) in [6, 6.07) is 88.4. The number of hydrogen-bond acceptors (Lipinski definition) is 26. The van der Waals surface area contributed by atoms with Crippen LogP contribution < -0.4 is 79.9 Å². The van der Waals surface area contributed by atoms with E-state index in [9.17, 15) is 58.5 Å². The Morgan fingerprint density at radius 1 is 0.434 bits per heavy atom. The number of nitrogens with two attached hydrogens (primary N) is 5. The summed E-state index contributed by atoms with van der Waals surface area (Å²) in [5.74, 6) is -0.494. The number of primary amides is 3. The SMILES string of the molecule is C.CCOC(=O)C(CC(C)=O)=NOC.CCOC(=O)c1cc(C)nn1-c1ccc(Br)cc1.Cc1cc(C(=O)N[C@@H](Cc2ccccc2)C(O)C(N)=O)n(-c2ccc(-c3ccccc3)cc2)n1.Cc1cc(C(=O)N[C@@H](Cc2ccccc2)C(O)C(N)=O)n(-c2ccc(Br)cc2)n1.Cc1cc(C(=O)O)n(-c2ccc(Br)cc2)n1.NC(=O)C(O)[C@@H](N)Cc1ccccc1.NNc1ccc(Br)cc1.OB(O)c1ccccc1.[Na+].[OH-]. The number of nitrogens with one attached hydrogen (secondary N) is 3. The van der Waals surface area contributed by atoms with Gasteiger partial charge in [-0.3, -0.25) is 34.6 Å². The molecule has 0 radical (unpaired) electrons. The van der Waals surface area contributed by atoms with E-state index in [1.165, 1.54) is 23.4 Å². The van der Waals surface area contributed by atoms with Gasteiger partial charge in [0.05, 0.1) is 77.2 Å². The quantitative estimate of drug-likeness (QED) is 0.00632. The van der Waals surface area contributed by atoms with Gasteiger partial charge in [0.2, 0.25) is 17.7 Å². The number of carboxylic acids is 1. The average molecular weight is 2250 g/mol. The molecule has 4 aromatic heterocycles. The molecular weight excluding hydrogens is 2130 g/mol. The minimum absolute atomic E-state index is 0. The van der Waals surface area contributed by atoms with Gasteiger partial charge in [0.25, 0.3) is 11.8 Å². The fourth-order valence-corrected chi connectivity index (χ4v) is 14.0. The van der Waals surface area contributed by atoms with Crippen LogP contribution in [0.25, 0.3) is 33.9 Å². The fraction of sp³-hybridized carbons (Fsp3) is 0.204. The number of amides is 5. The van der Waals surface area contributed by atoms with Crippen LogP contribution >= 0.6 is 63.7 Å². The number of carboxylic acid groups (broad SMARTS) is 1. The molecule has 0 bridgehead atoms. The number of nitrogen functional groups attached to an aromatic ring is 1. The van der Waals surface area contributed by atoms with Crippen LogP contribution in [0, 0.1) is 27.7 Å². The molecule has 0 aliphatic rings. The number of anilines is 1. The van der Waals surface area contributed by atoms with Crippen molar-refractivity contribution in [3.63, 3.8) is 0 Å². The van der Waals surface area contributed by atoms with Crippen LogP contribution in [0.2, 0.25) is 0 Å². The molecule has 10 aromatic carbocycles. The van der Waals surface area contributed by atoms with E-state index in [2.05, 4.69) is 115 Å². The number of Topliss-reactive ketones (excluding diaryl/α,β-unsaturated/α-hetero) is 1. The molecule has 0 aliphatic heterocycles. The van der Waals surface area contributed by atoms with E-state index in [1.807, 2.05) is 256 Å². The van der Waals surface area contributed by atoms with Crippen LogP contribution in [-0.2, 0) is 57.5 Å². The molecular formula is C103H115BBr4N17NaO19. The van der Waals surface area contributed by atoms with Gasteiger partial charge in [-0.25, -0.2) is 33.1 Å². The van der Waals surface area contributed by atoms with E-state index in [4.69, 9.17) is 48.7 Å². The topological polar surface area (TPSA) is 583 Å². The maximum atomic E-state index is 13.2. The summed E-state index contributed by atoms with van der Waals surface area (Å²) in [5.41, 5.74) is 36.9. The standard InChI is InChI=1S/C27H26N4O3.C21H21BrN4O3.C13H13BrN2O2.C11H9BrN2O2.C10H14N2O2.C8H13NO4.C6H7BO2.C6H7BrN2.CH4.Na.H2O/c1-18-16-24(27(34)29-23(25(32)26(28)33)17-19-8-4-2-5-9-19)31(30-18)22-14-12-21(13-15-22)20-10-6-3-7-11-20;1-13-11-18(26(25-13)16-9-7-15(22)8-10-16)21(29)24-17(19(27)20(23)28)12-14-5-3-2-4-6-14;1-3-18-13(17)12-8-9(2)15-16(12)11-6-4-10(14)5-7-11;1-7-6-10(11(15)16)14(13-7)9-4-2-8(12)3-5-9;11-8(9(13)10(12)14)6-7-4-2-1-3-5-7;1-4-13-8(11)7(9-12-3)5-6(2)10;8-7(9)6-4-2-1-3-5-6;7-5-1-3-6(9-8)4-2-5;;;/h2-16,23,25,32H,17H2,1H3,(H2,28,33)(H,29,34);2-11,17,19,27H,12H2,1H3,(H2,23,28)(H,24,29);4-8H,3H2,1-2H3;2-6H,1H3,(H,15,16);1-5,8-9,13H,6,11H2,(H2,12,14);4-5H2,1-3H3;1-5,8-9H;1-4,9H,8H2;1H4;;1H2/q;;;;;;;;;+1;/p-1/t23-,25?;17-,19?;;;8-,9?;;;;;;/m00..0....../s1. The Balaban J connectivity index is 0.000000359. The molecule has 20 N–H and O–H groups in total. The van der Waals surface area contributed by atoms with E-state index in [0.717, 1.165) is 68.5 Å². The number of hydrogen-bond donors (Lipinski definition) is 14. The first-order valence-corrected chi connectivity index (χ1v) is 46.9. The molecule has 42 heteroatoms. The number of carbonyl (C=O) groups is 9. The van der Waals surface area contributed by atoms with Crippen molar-refractivity contribution in [3.8, 4) is 33.9 Å². The first-order valence-electron chi connectivity index (χ1n) is 43.7. The second-order valence-electron chi connectivity index (χ2n) is 30.9. The van der Waals surface area contributed by atoms with Gasteiger partial charge < -0.3 is 89.3 Å². The van der Waals surface area contributed by atoms with Crippen LogP contribution in [0.3, 0.4) is 0 Å². The van der Waals surface area contributed by atoms with E-state index < -0.39 is 85.0 Å². The Kier molecular flexibility index (Phi) is 54.8. The van der Waals surface area contributed by atoms with Gasteiger partial charge in [0, 0.05) is 29.6 Å². The number of aliphatic hydroxyl groups excluding tert-OH is 3. The normalized spacial score (nSPS) is 11.5. The maximum absolute atomic E-state index is 13.2. The number of rotatable bonds is 31. The number of nitrogens with zero attached hydrogens (tertiary/aromatic N) is 9. The van der Waals surface area contributed by atoms with Crippen LogP contribution in [0.1, 0.15) is 116 Å². The van der Waals surface area contributed by atoms with E-state index >= 15 is 0 Å². The summed E-state index contributed by atoms with van der Waals surface area (Å²) < 4.78 is 19.6. The largest absolute Gasteiger partial charge is 1.00 e. The van der Waals surface area contributed by atoms with Gasteiger partial charge in [-0.1, -0.05) is 240 Å². The minimum atomic E-state index is -1.54.